The molecule has 2 N–H and O–H groups in total. The molecular formula is C12H25N3O3. The Labute approximate surface area is 109 Å². The van der Waals surface area contributed by atoms with Crippen molar-refractivity contribution in [2.24, 2.45) is 10.9 Å². The summed E-state index contributed by atoms with van der Waals surface area (Å²) in [4.78, 5) is 15.3. The van der Waals surface area contributed by atoms with E-state index in [2.05, 4.69) is 20.4 Å². The lowest BCUT2D eigenvalue weighted by Gasteiger charge is -2.14. The van der Waals surface area contributed by atoms with E-state index in [1.165, 1.54) is 7.11 Å². The molecular weight excluding hydrogens is 234 g/mol. The molecule has 0 heterocycles. The average molecular weight is 259 g/mol. The van der Waals surface area contributed by atoms with Gasteiger partial charge in [0.25, 0.3) is 0 Å². The Morgan fingerprint density at radius 2 is 2.11 bits per heavy atom. The summed E-state index contributed by atoms with van der Waals surface area (Å²) in [6.07, 6.45) is 0.918. The zero-order valence-corrected chi connectivity index (χ0v) is 11.8. The topological polar surface area (TPSA) is 72.0 Å². The molecule has 0 aliphatic rings. The first-order valence-electron chi connectivity index (χ1n) is 6.25. The maximum Gasteiger partial charge on any atom is 0.310 e. The second-order valence-electron chi connectivity index (χ2n) is 3.85. The quantitative estimate of drug-likeness (QED) is 0.285. The molecule has 1 atom stereocenters. The van der Waals surface area contributed by atoms with Gasteiger partial charge in [-0.3, -0.25) is 9.79 Å². The van der Waals surface area contributed by atoms with Gasteiger partial charge in [0.15, 0.2) is 5.96 Å². The molecule has 0 saturated carbocycles. The summed E-state index contributed by atoms with van der Waals surface area (Å²) < 4.78 is 9.88. The maximum atomic E-state index is 11.2. The van der Waals surface area contributed by atoms with Gasteiger partial charge in [0.1, 0.15) is 0 Å². The number of aliphatic imine (C=N–C) groups is 1. The summed E-state index contributed by atoms with van der Waals surface area (Å²) in [5, 5.41) is 6.22. The van der Waals surface area contributed by atoms with E-state index in [0.717, 1.165) is 26.2 Å². The number of carbonyl (C=O) groups is 1. The minimum atomic E-state index is -0.228. The van der Waals surface area contributed by atoms with Gasteiger partial charge in [0.05, 0.1) is 13.0 Å². The Bertz CT molecular complexity index is 257. The van der Waals surface area contributed by atoms with Gasteiger partial charge in [-0.05, 0) is 13.3 Å². The molecule has 0 amide bonds. The normalized spacial score (nSPS) is 13.0. The van der Waals surface area contributed by atoms with Crippen LogP contribution in [-0.4, -0.2) is 52.4 Å². The fourth-order valence-corrected chi connectivity index (χ4v) is 1.28. The lowest BCUT2D eigenvalue weighted by atomic mass is 10.2. The van der Waals surface area contributed by atoms with Crippen molar-refractivity contribution in [3.63, 3.8) is 0 Å². The van der Waals surface area contributed by atoms with Crippen LogP contribution < -0.4 is 10.6 Å². The molecule has 0 aromatic carbocycles. The molecule has 0 radical (unpaired) electrons. The molecule has 0 rings (SSSR count). The minimum absolute atomic E-state index is 0.197. The largest absolute Gasteiger partial charge is 0.469 e. The van der Waals surface area contributed by atoms with Crippen molar-refractivity contribution in [2.75, 3.05) is 40.5 Å². The van der Waals surface area contributed by atoms with E-state index < -0.39 is 0 Å². The van der Waals surface area contributed by atoms with Crippen LogP contribution in [-0.2, 0) is 14.3 Å². The predicted octanol–water partition coefficient (Wildman–Crippen LogP) is 0.387. The first kappa shape index (κ1) is 16.7. The molecule has 6 nitrogen and oxygen atoms in total. The number of hydrogen-bond donors (Lipinski definition) is 2. The van der Waals surface area contributed by atoms with Gasteiger partial charge in [0.2, 0.25) is 0 Å². The first-order valence-corrected chi connectivity index (χ1v) is 6.25. The molecule has 6 heteroatoms. The van der Waals surface area contributed by atoms with E-state index >= 15 is 0 Å². The number of guanidine groups is 1. The molecule has 0 aliphatic carbocycles. The SMILES string of the molecule is CCOCCCNC(=NC)NCC(C)C(=O)OC. The third-order valence-corrected chi connectivity index (χ3v) is 2.36. The summed E-state index contributed by atoms with van der Waals surface area (Å²) in [5.74, 6) is 0.258. The van der Waals surface area contributed by atoms with E-state index in [1.807, 2.05) is 6.92 Å². The number of carbonyl (C=O) groups excluding carboxylic acids is 1. The van der Waals surface area contributed by atoms with Crippen molar-refractivity contribution < 1.29 is 14.3 Å². The molecule has 0 aromatic rings. The lowest BCUT2D eigenvalue weighted by Crippen LogP contribution is -2.41. The van der Waals surface area contributed by atoms with Crippen LogP contribution in [0.5, 0.6) is 0 Å². The Kier molecular flexibility index (Phi) is 10.0. The summed E-state index contributed by atoms with van der Waals surface area (Å²) in [7, 11) is 3.08. The second kappa shape index (κ2) is 10.8. The van der Waals surface area contributed by atoms with E-state index in [-0.39, 0.29) is 11.9 Å². The first-order chi connectivity index (χ1) is 8.65. The maximum absolute atomic E-state index is 11.2. The standard InChI is InChI=1S/C12H25N3O3/c1-5-18-8-6-7-14-12(13-3)15-9-10(2)11(16)17-4/h10H,5-9H2,1-4H3,(H2,13,14,15). The molecule has 0 aromatic heterocycles. The van der Waals surface area contributed by atoms with Crippen LogP contribution in [0.2, 0.25) is 0 Å². The average Bonchev–Trinajstić information content (AvgIpc) is 2.40. The van der Waals surface area contributed by atoms with Crippen molar-refractivity contribution in [3.8, 4) is 0 Å². The Hall–Kier alpha value is -1.30. The van der Waals surface area contributed by atoms with Gasteiger partial charge in [-0.15, -0.1) is 0 Å². The van der Waals surface area contributed by atoms with Crippen molar-refractivity contribution >= 4 is 11.9 Å². The highest BCUT2D eigenvalue weighted by Gasteiger charge is 2.12. The zero-order valence-electron chi connectivity index (χ0n) is 11.8. The van der Waals surface area contributed by atoms with Crippen LogP contribution in [0.3, 0.4) is 0 Å². The highest BCUT2D eigenvalue weighted by atomic mass is 16.5. The van der Waals surface area contributed by atoms with E-state index in [9.17, 15) is 4.79 Å². The fraction of sp³-hybridized carbons (Fsp3) is 0.833. The van der Waals surface area contributed by atoms with Gasteiger partial charge in [0, 0.05) is 33.4 Å². The van der Waals surface area contributed by atoms with Gasteiger partial charge >= 0.3 is 5.97 Å². The lowest BCUT2D eigenvalue weighted by molar-refractivity contribution is -0.144. The van der Waals surface area contributed by atoms with Gasteiger partial charge in [-0.2, -0.15) is 0 Å². The monoisotopic (exact) mass is 259 g/mol. The Morgan fingerprint density at radius 3 is 2.67 bits per heavy atom. The molecule has 18 heavy (non-hydrogen) atoms. The van der Waals surface area contributed by atoms with Crippen molar-refractivity contribution in [2.45, 2.75) is 20.3 Å². The number of methoxy groups -OCH3 is 1. The van der Waals surface area contributed by atoms with Crippen LogP contribution in [0, 0.1) is 5.92 Å². The van der Waals surface area contributed by atoms with Crippen molar-refractivity contribution in [1.29, 1.82) is 0 Å². The highest BCUT2D eigenvalue weighted by molar-refractivity contribution is 5.80. The summed E-state index contributed by atoms with van der Waals surface area (Å²) in [6.45, 7) is 6.54. The third-order valence-electron chi connectivity index (χ3n) is 2.36. The van der Waals surface area contributed by atoms with E-state index in [1.54, 1.807) is 14.0 Å². The molecule has 106 valence electrons. The molecule has 0 saturated heterocycles. The number of nitrogens with one attached hydrogen (secondary N) is 2. The molecule has 0 fully saturated rings. The van der Waals surface area contributed by atoms with Gasteiger partial charge in [-0.25, -0.2) is 0 Å². The fourth-order valence-electron chi connectivity index (χ4n) is 1.28. The minimum Gasteiger partial charge on any atom is -0.469 e. The molecule has 0 spiro atoms. The third kappa shape index (κ3) is 7.89. The van der Waals surface area contributed by atoms with E-state index in [0.29, 0.717) is 12.5 Å². The zero-order chi connectivity index (χ0) is 13.8. The summed E-state index contributed by atoms with van der Waals surface area (Å²) >= 11 is 0. The summed E-state index contributed by atoms with van der Waals surface area (Å²) in [6, 6.07) is 0. The Balaban J connectivity index is 3.74. The predicted molar refractivity (Wildman–Crippen MR) is 71.7 cm³/mol. The van der Waals surface area contributed by atoms with Crippen LogP contribution >= 0.6 is 0 Å². The molecule has 0 bridgehead atoms. The number of rotatable bonds is 8. The number of nitrogens with zero attached hydrogens (tertiary/aromatic N) is 1. The van der Waals surface area contributed by atoms with E-state index in [4.69, 9.17) is 4.74 Å². The van der Waals surface area contributed by atoms with Crippen LogP contribution in [0.15, 0.2) is 4.99 Å². The van der Waals surface area contributed by atoms with Crippen LogP contribution in [0.1, 0.15) is 20.3 Å². The van der Waals surface area contributed by atoms with Crippen LogP contribution in [0.25, 0.3) is 0 Å². The van der Waals surface area contributed by atoms with Gasteiger partial charge in [-0.1, -0.05) is 6.92 Å². The summed E-state index contributed by atoms with van der Waals surface area (Å²) in [5.41, 5.74) is 0. The van der Waals surface area contributed by atoms with Gasteiger partial charge < -0.3 is 20.1 Å². The van der Waals surface area contributed by atoms with Crippen molar-refractivity contribution in [3.05, 3.63) is 0 Å². The number of ether oxygens (including phenoxy) is 2. The highest BCUT2D eigenvalue weighted by Crippen LogP contribution is 1.94. The number of hydrogen-bond acceptors (Lipinski definition) is 4. The van der Waals surface area contributed by atoms with Crippen molar-refractivity contribution in [1.82, 2.24) is 10.6 Å². The molecule has 0 aliphatic heterocycles. The second-order valence-corrected chi connectivity index (χ2v) is 3.85. The Morgan fingerprint density at radius 1 is 1.39 bits per heavy atom. The number of esters is 1. The van der Waals surface area contributed by atoms with Crippen LogP contribution in [0.4, 0.5) is 0 Å². The molecule has 1 unspecified atom stereocenters. The smallest absolute Gasteiger partial charge is 0.310 e.